The lowest BCUT2D eigenvalue weighted by atomic mass is 9.86. The van der Waals surface area contributed by atoms with Crippen molar-refractivity contribution >= 4 is 11.8 Å². The number of rotatable bonds is 3. The van der Waals surface area contributed by atoms with E-state index in [0.29, 0.717) is 22.7 Å². The molecule has 0 N–H and O–H groups in total. The Kier molecular flexibility index (Phi) is 3.38. The van der Waals surface area contributed by atoms with E-state index in [0.717, 1.165) is 18.4 Å². The molecule has 1 aromatic carbocycles. The van der Waals surface area contributed by atoms with Gasteiger partial charge in [-0.15, -0.1) is 5.10 Å². The molecule has 2 atom stereocenters. The minimum Gasteiger partial charge on any atom is -0.239 e. The first-order valence-electron chi connectivity index (χ1n) is 7.46. The second-order valence-corrected chi connectivity index (χ2v) is 7.13. The molecule has 112 valence electrons. The number of thioether (sulfide) groups is 1. The van der Waals surface area contributed by atoms with Gasteiger partial charge in [-0.25, -0.2) is 14.1 Å². The van der Waals surface area contributed by atoms with E-state index in [9.17, 15) is 4.39 Å². The fraction of sp³-hybridized carbons (Fsp3) is 0.438. The summed E-state index contributed by atoms with van der Waals surface area (Å²) in [4.78, 5) is 4.38. The summed E-state index contributed by atoms with van der Waals surface area (Å²) in [5.41, 5.74) is 1.07. The van der Waals surface area contributed by atoms with Crippen molar-refractivity contribution in [3.63, 3.8) is 0 Å². The van der Waals surface area contributed by atoms with E-state index >= 15 is 0 Å². The molecule has 4 rings (SSSR count). The molecule has 6 heteroatoms. The molecule has 1 aliphatic carbocycles. The van der Waals surface area contributed by atoms with Crippen molar-refractivity contribution in [2.75, 3.05) is 0 Å². The second kappa shape index (κ2) is 5.40. The van der Waals surface area contributed by atoms with Gasteiger partial charge in [0.05, 0.1) is 12.1 Å². The summed E-state index contributed by atoms with van der Waals surface area (Å²) in [6.45, 7) is 0. The molecule has 22 heavy (non-hydrogen) atoms. The van der Waals surface area contributed by atoms with E-state index in [1.165, 1.54) is 0 Å². The Hall–Kier alpha value is -1.87. The molecule has 0 radical (unpaired) electrons. The highest BCUT2D eigenvalue weighted by Gasteiger charge is 2.37. The largest absolute Gasteiger partial charge is 0.239 e. The van der Waals surface area contributed by atoms with Crippen molar-refractivity contribution < 1.29 is 4.39 Å². The maximum atomic E-state index is 14.2. The van der Waals surface area contributed by atoms with Crippen molar-refractivity contribution in [1.29, 1.82) is 5.26 Å². The molecule has 4 nitrogen and oxygen atoms in total. The number of aromatic nitrogens is 3. The van der Waals surface area contributed by atoms with Gasteiger partial charge in [-0.1, -0.05) is 42.1 Å². The molecule has 2 aromatic rings. The molecule has 0 bridgehead atoms. The average molecular weight is 314 g/mol. The summed E-state index contributed by atoms with van der Waals surface area (Å²) in [6.07, 6.45) is 1.11. The summed E-state index contributed by atoms with van der Waals surface area (Å²) in [5.74, 6) is 0.602. The lowest BCUT2D eigenvalue weighted by molar-refractivity contribution is 0.327. The number of nitriles is 1. The van der Waals surface area contributed by atoms with Gasteiger partial charge < -0.3 is 0 Å². The van der Waals surface area contributed by atoms with Gasteiger partial charge in [-0.05, 0) is 18.4 Å². The minimum absolute atomic E-state index is 0.0682. The molecule has 2 aliphatic rings. The van der Waals surface area contributed by atoms with Gasteiger partial charge in [0.15, 0.2) is 12.0 Å². The Labute approximate surface area is 132 Å². The Morgan fingerprint density at radius 1 is 1.23 bits per heavy atom. The predicted octanol–water partition coefficient (Wildman–Crippen LogP) is 3.68. The predicted molar refractivity (Wildman–Crippen MR) is 81.1 cm³/mol. The van der Waals surface area contributed by atoms with Crippen LogP contribution in [0, 0.1) is 17.2 Å². The van der Waals surface area contributed by atoms with Crippen LogP contribution in [0.1, 0.15) is 42.9 Å². The van der Waals surface area contributed by atoms with Crippen LogP contribution in [-0.2, 0) is 0 Å². The molecule has 1 saturated carbocycles. The smallest absolute Gasteiger partial charge is 0.209 e. The normalized spacial score (nSPS) is 29.6. The molecule has 1 aromatic heterocycles. The zero-order chi connectivity index (χ0) is 15.1. The summed E-state index contributed by atoms with van der Waals surface area (Å²) < 4.78 is 16.0. The Morgan fingerprint density at radius 2 is 2.00 bits per heavy atom. The third-order valence-electron chi connectivity index (χ3n) is 4.38. The van der Waals surface area contributed by atoms with Crippen LogP contribution in [0.25, 0.3) is 0 Å². The van der Waals surface area contributed by atoms with E-state index in [-0.39, 0.29) is 12.0 Å². The van der Waals surface area contributed by atoms with Crippen LogP contribution in [0.5, 0.6) is 0 Å². The molecule has 2 unspecified atom stereocenters. The van der Waals surface area contributed by atoms with Gasteiger partial charge in [0, 0.05) is 17.6 Å². The zero-order valence-electron chi connectivity index (χ0n) is 11.9. The van der Waals surface area contributed by atoms with Gasteiger partial charge in [0.2, 0.25) is 5.16 Å². The van der Waals surface area contributed by atoms with Crippen molar-refractivity contribution in [2.45, 2.75) is 41.9 Å². The maximum Gasteiger partial charge on any atom is 0.209 e. The van der Waals surface area contributed by atoms with Gasteiger partial charge in [-0.2, -0.15) is 5.26 Å². The maximum absolute atomic E-state index is 14.2. The Balaban J connectivity index is 1.55. The van der Waals surface area contributed by atoms with E-state index < -0.39 is 6.17 Å². The zero-order valence-corrected chi connectivity index (χ0v) is 12.7. The van der Waals surface area contributed by atoms with E-state index in [2.05, 4.69) is 16.2 Å². The van der Waals surface area contributed by atoms with Crippen LogP contribution < -0.4 is 0 Å². The number of alkyl halides is 1. The first kappa shape index (κ1) is 13.8. The topological polar surface area (TPSA) is 54.5 Å². The highest BCUT2D eigenvalue weighted by molar-refractivity contribution is 7.99. The molecule has 1 fully saturated rings. The SMILES string of the molecule is N#CC1CC(Sc2nc3n(n2)C(c2ccccc2)CC3F)C1. The van der Waals surface area contributed by atoms with E-state index in [1.807, 2.05) is 30.3 Å². The van der Waals surface area contributed by atoms with Crippen LogP contribution in [0.2, 0.25) is 0 Å². The highest BCUT2D eigenvalue weighted by atomic mass is 32.2. The monoisotopic (exact) mass is 314 g/mol. The molecule has 0 spiro atoms. The molecule has 2 heterocycles. The van der Waals surface area contributed by atoms with E-state index in [4.69, 9.17) is 5.26 Å². The third kappa shape index (κ3) is 2.30. The molecule has 1 aliphatic heterocycles. The quantitative estimate of drug-likeness (QED) is 0.867. The second-order valence-electron chi connectivity index (χ2n) is 5.86. The number of hydrogen-bond acceptors (Lipinski definition) is 4. The highest BCUT2D eigenvalue weighted by Crippen LogP contribution is 2.43. The lowest BCUT2D eigenvalue weighted by Crippen LogP contribution is -2.24. The van der Waals surface area contributed by atoms with Crippen LogP contribution in [0.4, 0.5) is 4.39 Å². The standard InChI is InChI=1S/C16H15FN4S/c17-13-8-14(11-4-2-1-3-5-11)21-15(13)19-16(20-21)22-12-6-10(7-12)9-18/h1-5,10,12-14H,6-8H2. The van der Waals surface area contributed by atoms with Gasteiger partial charge in [-0.3, -0.25) is 0 Å². The summed E-state index contributed by atoms with van der Waals surface area (Å²) in [6, 6.07) is 12.1. The van der Waals surface area contributed by atoms with Crippen LogP contribution in [0.15, 0.2) is 35.5 Å². The molecular formula is C16H15FN4S. The van der Waals surface area contributed by atoms with Crippen molar-refractivity contribution in [2.24, 2.45) is 5.92 Å². The first-order valence-corrected chi connectivity index (χ1v) is 8.34. The van der Waals surface area contributed by atoms with Crippen LogP contribution in [0.3, 0.4) is 0 Å². The Morgan fingerprint density at radius 3 is 2.73 bits per heavy atom. The molecular weight excluding hydrogens is 299 g/mol. The Bertz CT molecular complexity index is 717. The lowest BCUT2D eigenvalue weighted by Gasteiger charge is -2.28. The van der Waals surface area contributed by atoms with Crippen molar-refractivity contribution in [1.82, 2.24) is 14.8 Å². The van der Waals surface area contributed by atoms with Crippen LogP contribution in [-0.4, -0.2) is 20.0 Å². The van der Waals surface area contributed by atoms with Crippen molar-refractivity contribution in [3.05, 3.63) is 41.7 Å². The number of halogens is 1. The fourth-order valence-electron chi connectivity index (χ4n) is 3.08. The fourth-order valence-corrected chi connectivity index (χ4v) is 4.31. The van der Waals surface area contributed by atoms with Gasteiger partial charge in [0.25, 0.3) is 0 Å². The summed E-state index contributed by atoms with van der Waals surface area (Å²) in [7, 11) is 0. The number of fused-ring (bicyclic) bond motifs is 1. The number of hydrogen-bond donors (Lipinski definition) is 0. The third-order valence-corrected chi connectivity index (χ3v) is 5.48. The minimum atomic E-state index is -1.06. The van der Waals surface area contributed by atoms with Crippen LogP contribution >= 0.6 is 11.8 Å². The molecule has 0 saturated heterocycles. The summed E-state index contributed by atoms with van der Waals surface area (Å²) >= 11 is 1.57. The average Bonchev–Trinajstić information content (AvgIpc) is 3.04. The van der Waals surface area contributed by atoms with E-state index in [1.54, 1.807) is 16.4 Å². The first-order chi connectivity index (χ1) is 10.7. The van der Waals surface area contributed by atoms with Gasteiger partial charge in [0.1, 0.15) is 0 Å². The summed E-state index contributed by atoms with van der Waals surface area (Å²) in [5, 5.41) is 14.4. The number of benzene rings is 1. The van der Waals surface area contributed by atoms with Gasteiger partial charge >= 0.3 is 0 Å². The molecule has 0 amide bonds. The number of nitrogens with zero attached hydrogens (tertiary/aromatic N) is 4. The van der Waals surface area contributed by atoms with Crippen molar-refractivity contribution in [3.8, 4) is 6.07 Å².